The summed E-state index contributed by atoms with van der Waals surface area (Å²) in [7, 11) is 0. The number of benzene rings is 1. The zero-order chi connectivity index (χ0) is 13.1. The van der Waals surface area contributed by atoms with Crippen LogP contribution in [0.15, 0.2) is 54.7 Å². The molecule has 2 aromatic rings. The summed E-state index contributed by atoms with van der Waals surface area (Å²) in [4.78, 5) is 6.49. The van der Waals surface area contributed by atoms with Gasteiger partial charge in [0.2, 0.25) is 0 Å². The molecule has 0 saturated carbocycles. The van der Waals surface area contributed by atoms with E-state index in [9.17, 15) is 5.11 Å². The van der Waals surface area contributed by atoms with Gasteiger partial charge in [0.25, 0.3) is 0 Å². The molecule has 1 aliphatic heterocycles. The molecule has 2 heterocycles. The first-order valence-corrected chi connectivity index (χ1v) is 6.37. The lowest BCUT2D eigenvalue weighted by Crippen LogP contribution is -2.25. The highest BCUT2D eigenvalue weighted by Gasteiger charge is 2.34. The Morgan fingerprint density at radius 3 is 2.63 bits per heavy atom. The molecule has 0 radical (unpaired) electrons. The van der Waals surface area contributed by atoms with Gasteiger partial charge in [0, 0.05) is 18.4 Å². The molecule has 2 unspecified atom stereocenters. The molecular weight excluding hydrogens is 240 g/mol. The second-order valence-electron chi connectivity index (χ2n) is 4.54. The third-order valence-corrected chi connectivity index (χ3v) is 3.24. The van der Waals surface area contributed by atoms with E-state index in [4.69, 9.17) is 4.74 Å². The van der Waals surface area contributed by atoms with Crippen LogP contribution in [0, 0.1) is 0 Å². The van der Waals surface area contributed by atoms with Crippen LogP contribution in [-0.2, 0) is 4.74 Å². The summed E-state index contributed by atoms with van der Waals surface area (Å²) in [6, 6.07) is 15.8. The summed E-state index contributed by atoms with van der Waals surface area (Å²) in [5.41, 5.74) is 1.94. The van der Waals surface area contributed by atoms with Crippen molar-refractivity contribution in [2.75, 3.05) is 18.1 Å². The number of aromatic nitrogens is 1. The Bertz CT molecular complexity index is 471. The van der Waals surface area contributed by atoms with Crippen LogP contribution in [0.4, 0.5) is 5.69 Å². The monoisotopic (exact) mass is 256 g/mol. The SMILES string of the molecule is OCC1CN(c2ccccc2)C(c2ccccn2)O1. The first kappa shape index (κ1) is 12.1. The minimum atomic E-state index is -0.235. The standard InChI is InChI=1S/C15H16N2O2/c18-11-13-10-17(12-6-2-1-3-7-12)15(19-13)14-8-4-5-9-16-14/h1-9,13,15,18H,10-11H2. The molecule has 0 bridgehead atoms. The van der Waals surface area contributed by atoms with Crippen molar-refractivity contribution in [1.29, 1.82) is 0 Å². The molecule has 1 saturated heterocycles. The van der Waals surface area contributed by atoms with E-state index in [1.165, 1.54) is 0 Å². The second kappa shape index (κ2) is 5.38. The molecule has 0 spiro atoms. The highest BCUT2D eigenvalue weighted by Crippen LogP contribution is 2.33. The molecule has 0 aliphatic carbocycles. The van der Waals surface area contributed by atoms with E-state index in [1.54, 1.807) is 6.20 Å². The van der Waals surface area contributed by atoms with Gasteiger partial charge in [-0.15, -0.1) is 0 Å². The van der Waals surface area contributed by atoms with Gasteiger partial charge in [-0.05, 0) is 24.3 Å². The van der Waals surface area contributed by atoms with Gasteiger partial charge >= 0.3 is 0 Å². The number of aliphatic hydroxyl groups is 1. The van der Waals surface area contributed by atoms with Gasteiger partial charge in [-0.25, -0.2) is 0 Å². The van der Waals surface area contributed by atoms with Crippen molar-refractivity contribution in [3.63, 3.8) is 0 Å². The Morgan fingerprint density at radius 1 is 1.16 bits per heavy atom. The Morgan fingerprint density at radius 2 is 1.95 bits per heavy atom. The molecule has 1 aliphatic rings. The van der Waals surface area contributed by atoms with Gasteiger partial charge in [0.05, 0.1) is 12.3 Å². The molecule has 19 heavy (non-hydrogen) atoms. The van der Waals surface area contributed by atoms with E-state index in [-0.39, 0.29) is 18.9 Å². The molecule has 98 valence electrons. The summed E-state index contributed by atoms with van der Waals surface area (Å²) in [6.07, 6.45) is 1.35. The average Bonchev–Trinajstić information content (AvgIpc) is 2.93. The molecule has 2 atom stereocenters. The van der Waals surface area contributed by atoms with Gasteiger partial charge in [0.1, 0.15) is 6.10 Å². The van der Waals surface area contributed by atoms with Crippen molar-refractivity contribution in [2.45, 2.75) is 12.3 Å². The van der Waals surface area contributed by atoms with Crippen molar-refractivity contribution in [3.8, 4) is 0 Å². The predicted octanol–water partition coefficient (Wildman–Crippen LogP) is 1.98. The van der Waals surface area contributed by atoms with Crippen LogP contribution in [0.5, 0.6) is 0 Å². The second-order valence-corrected chi connectivity index (χ2v) is 4.54. The Hall–Kier alpha value is -1.91. The van der Waals surface area contributed by atoms with Gasteiger partial charge in [-0.2, -0.15) is 0 Å². The molecule has 1 N–H and O–H groups in total. The largest absolute Gasteiger partial charge is 0.394 e. The topological polar surface area (TPSA) is 45.6 Å². The van der Waals surface area contributed by atoms with Gasteiger partial charge in [-0.1, -0.05) is 24.3 Å². The lowest BCUT2D eigenvalue weighted by Gasteiger charge is -2.24. The highest BCUT2D eigenvalue weighted by molar-refractivity contribution is 5.48. The summed E-state index contributed by atoms with van der Waals surface area (Å²) in [5, 5.41) is 9.32. The van der Waals surface area contributed by atoms with E-state index < -0.39 is 0 Å². The van der Waals surface area contributed by atoms with Crippen LogP contribution < -0.4 is 4.90 Å². The predicted molar refractivity (Wildman–Crippen MR) is 72.7 cm³/mol. The Labute approximate surface area is 112 Å². The first-order chi connectivity index (χ1) is 9.38. The molecule has 1 aromatic heterocycles. The van der Waals surface area contributed by atoms with Crippen LogP contribution in [-0.4, -0.2) is 29.3 Å². The first-order valence-electron chi connectivity index (χ1n) is 6.37. The summed E-state index contributed by atoms with van der Waals surface area (Å²) in [6.45, 7) is 0.689. The number of anilines is 1. The van der Waals surface area contributed by atoms with Crippen LogP contribution in [0.3, 0.4) is 0 Å². The minimum Gasteiger partial charge on any atom is -0.394 e. The molecule has 4 nitrogen and oxygen atoms in total. The van der Waals surface area contributed by atoms with Crippen molar-refractivity contribution >= 4 is 5.69 Å². The van der Waals surface area contributed by atoms with Crippen molar-refractivity contribution < 1.29 is 9.84 Å². The van der Waals surface area contributed by atoms with E-state index >= 15 is 0 Å². The van der Waals surface area contributed by atoms with Crippen molar-refractivity contribution in [1.82, 2.24) is 4.98 Å². The lowest BCUT2D eigenvalue weighted by atomic mass is 10.2. The van der Waals surface area contributed by atoms with E-state index in [1.807, 2.05) is 48.5 Å². The third kappa shape index (κ3) is 2.45. The van der Waals surface area contributed by atoms with Crippen LogP contribution >= 0.6 is 0 Å². The maximum Gasteiger partial charge on any atom is 0.174 e. The number of aliphatic hydroxyl groups excluding tert-OH is 1. The molecular formula is C15H16N2O2. The zero-order valence-corrected chi connectivity index (χ0v) is 10.5. The lowest BCUT2D eigenvalue weighted by molar-refractivity contribution is 0.0129. The Kier molecular flexibility index (Phi) is 3.44. The van der Waals surface area contributed by atoms with E-state index in [0.717, 1.165) is 11.4 Å². The molecule has 3 rings (SSSR count). The summed E-state index contributed by atoms with van der Waals surface area (Å²) < 4.78 is 5.88. The summed E-state index contributed by atoms with van der Waals surface area (Å²) in [5.74, 6) is 0. The number of rotatable bonds is 3. The van der Waals surface area contributed by atoms with Crippen LogP contribution in [0.25, 0.3) is 0 Å². The van der Waals surface area contributed by atoms with E-state index in [0.29, 0.717) is 6.54 Å². The molecule has 1 fully saturated rings. The zero-order valence-electron chi connectivity index (χ0n) is 10.5. The normalized spacial score (nSPS) is 22.7. The van der Waals surface area contributed by atoms with Crippen LogP contribution in [0.2, 0.25) is 0 Å². The number of nitrogens with zero attached hydrogens (tertiary/aromatic N) is 2. The maximum absolute atomic E-state index is 9.32. The summed E-state index contributed by atoms with van der Waals surface area (Å²) >= 11 is 0. The van der Waals surface area contributed by atoms with Crippen molar-refractivity contribution in [3.05, 3.63) is 60.4 Å². The smallest absolute Gasteiger partial charge is 0.174 e. The fraction of sp³-hybridized carbons (Fsp3) is 0.267. The molecule has 4 heteroatoms. The van der Waals surface area contributed by atoms with E-state index in [2.05, 4.69) is 9.88 Å². The molecule has 1 aromatic carbocycles. The van der Waals surface area contributed by atoms with Gasteiger partial charge < -0.3 is 14.7 Å². The highest BCUT2D eigenvalue weighted by atomic mass is 16.5. The fourth-order valence-electron chi connectivity index (χ4n) is 2.33. The van der Waals surface area contributed by atoms with Gasteiger partial charge in [-0.3, -0.25) is 4.98 Å². The Balaban J connectivity index is 1.92. The quantitative estimate of drug-likeness (QED) is 0.912. The number of para-hydroxylation sites is 1. The minimum absolute atomic E-state index is 0.0205. The van der Waals surface area contributed by atoms with Crippen LogP contribution in [0.1, 0.15) is 11.9 Å². The number of pyridine rings is 1. The van der Waals surface area contributed by atoms with Gasteiger partial charge in [0.15, 0.2) is 6.23 Å². The van der Waals surface area contributed by atoms with Crippen molar-refractivity contribution in [2.24, 2.45) is 0 Å². The average molecular weight is 256 g/mol. The number of hydrogen-bond donors (Lipinski definition) is 1. The maximum atomic E-state index is 9.32. The molecule has 0 amide bonds. The fourth-order valence-corrected chi connectivity index (χ4v) is 2.33. The third-order valence-electron chi connectivity index (χ3n) is 3.24. The number of hydrogen-bond acceptors (Lipinski definition) is 4. The number of ether oxygens (including phenoxy) is 1.